The number of β-amino-alcohol motifs (C(OH)–C–C–N with tert-alkyl or cyclic N) is 1. The van der Waals surface area contributed by atoms with Crippen molar-refractivity contribution < 1.29 is 15.0 Å². The summed E-state index contributed by atoms with van der Waals surface area (Å²) in [6.07, 6.45) is -0.163. The van der Waals surface area contributed by atoms with E-state index in [1.807, 2.05) is 44.2 Å². The van der Waals surface area contributed by atoms with Crippen molar-refractivity contribution in [3.05, 3.63) is 35.9 Å². The number of carbonyl (C=O) groups excluding carboxylic acids is 1. The smallest absolute Gasteiger partial charge is 0.227 e. The van der Waals surface area contributed by atoms with Crippen molar-refractivity contribution in [1.82, 2.24) is 9.80 Å². The van der Waals surface area contributed by atoms with Crippen LogP contribution >= 0.6 is 0 Å². The second kappa shape index (κ2) is 7.90. The molecule has 0 radical (unpaired) electrons. The standard InChI is InChI=1S/C18H28N2O3/c1-3-19(4-2)14-18(23)10-11-20(13-16(18)21)17(22)12-15-8-6-5-7-9-15/h5-9,16,21,23H,3-4,10-14H2,1-2H3/t16-,18-/m0/s1. The molecule has 1 saturated heterocycles. The number of hydrogen-bond acceptors (Lipinski definition) is 4. The first kappa shape index (κ1) is 17.9. The van der Waals surface area contributed by atoms with Crippen LogP contribution in [0, 0.1) is 0 Å². The number of aliphatic hydroxyl groups is 2. The molecule has 0 saturated carbocycles. The molecular formula is C18H28N2O3. The molecule has 1 fully saturated rings. The summed E-state index contributed by atoms with van der Waals surface area (Å²) < 4.78 is 0. The van der Waals surface area contributed by atoms with E-state index in [0.29, 0.717) is 25.9 Å². The van der Waals surface area contributed by atoms with Crippen molar-refractivity contribution in [2.45, 2.75) is 38.4 Å². The van der Waals surface area contributed by atoms with Gasteiger partial charge in [-0.2, -0.15) is 0 Å². The molecule has 1 aromatic rings. The number of benzene rings is 1. The minimum Gasteiger partial charge on any atom is -0.388 e. The minimum absolute atomic E-state index is 0.000129. The van der Waals surface area contributed by atoms with Gasteiger partial charge in [0.25, 0.3) is 0 Å². The Morgan fingerprint density at radius 2 is 1.96 bits per heavy atom. The lowest BCUT2D eigenvalue weighted by molar-refractivity contribution is -0.152. The van der Waals surface area contributed by atoms with Gasteiger partial charge in [0.15, 0.2) is 0 Å². The number of rotatable bonds is 6. The van der Waals surface area contributed by atoms with Crippen molar-refractivity contribution in [2.24, 2.45) is 0 Å². The van der Waals surface area contributed by atoms with E-state index in [2.05, 4.69) is 4.90 Å². The predicted molar refractivity (Wildman–Crippen MR) is 90.1 cm³/mol. The molecule has 5 nitrogen and oxygen atoms in total. The Kier molecular flexibility index (Phi) is 6.16. The highest BCUT2D eigenvalue weighted by Gasteiger charge is 2.42. The summed E-state index contributed by atoms with van der Waals surface area (Å²) >= 11 is 0. The molecule has 1 heterocycles. The first-order valence-electron chi connectivity index (χ1n) is 8.43. The number of amides is 1. The normalized spacial score (nSPS) is 24.9. The first-order valence-corrected chi connectivity index (χ1v) is 8.43. The molecule has 1 aliphatic rings. The van der Waals surface area contributed by atoms with E-state index in [1.54, 1.807) is 4.90 Å². The molecule has 0 unspecified atom stereocenters. The molecule has 0 spiro atoms. The van der Waals surface area contributed by atoms with Gasteiger partial charge in [-0.1, -0.05) is 44.2 Å². The molecular weight excluding hydrogens is 292 g/mol. The highest BCUT2D eigenvalue weighted by Crippen LogP contribution is 2.24. The third kappa shape index (κ3) is 4.53. The Morgan fingerprint density at radius 3 is 2.52 bits per heavy atom. The second-order valence-electron chi connectivity index (χ2n) is 6.33. The van der Waals surface area contributed by atoms with E-state index >= 15 is 0 Å². The van der Waals surface area contributed by atoms with Crippen LogP contribution < -0.4 is 0 Å². The number of hydrogen-bond donors (Lipinski definition) is 2. The van der Waals surface area contributed by atoms with Crippen molar-refractivity contribution in [1.29, 1.82) is 0 Å². The Hall–Kier alpha value is -1.43. The lowest BCUT2D eigenvalue weighted by atomic mass is 9.87. The van der Waals surface area contributed by atoms with Gasteiger partial charge in [0, 0.05) is 19.6 Å². The van der Waals surface area contributed by atoms with E-state index in [4.69, 9.17) is 0 Å². The summed E-state index contributed by atoms with van der Waals surface area (Å²) in [5.41, 5.74) is -0.161. The van der Waals surface area contributed by atoms with Crippen molar-refractivity contribution in [3.8, 4) is 0 Å². The number of piperidine rings is 1. The zero-order chi connectivity index (χ0) is 16.9. The van der Waals surface area contributed by atoms with Gasteiger partial charge in [-0.05, 0) is 25.1 Å². The van der Waals surface area contributed by atoms with E-state index in [1.165, 1.54) is 0 Å². The topological polar surface area (TPSA) is 64.0 Å². The van der Waals surface area contributed by atoms with Crippen LogP contribution in [0.25, 0.3) is 0 Å². The molecule has 0 aromatic heterocycles. The lowest BCUT2D eigenvalue weighted by Crippen LogP contribution is -2.61. The van der Waals surface area contributed by atoms with Crippen molar-refractivity contribution >= 4 is 5.91 Å². The van der Waals surface area contributed by atoms with Gasteiger partial charge < -0.3 is 20.0 Å². The van der Waals surface area contributed by atoms with Gasteiger partial charge in [0.05, 0.1) is 6.42 Å². The fraction of sp³-hybridized carbons (Fsp3) is 0.611. The van der Waals surface area contributed by atoms with Crippen LogP contribution in [-0.2, 0) is 11.2 Å². The van der Waals surface area contributed by atoms with Crippen LogP contribution in [0.5, 0.6) is 0 Å². The fourth-order valence-corrected chi connectivity index (χ4v) is 3.09. The molecule has 1 amide bonds. The maximum absolute atomic E-state index is 12.4. The molecule has 1 aromatic carbocycles. The molecule has 1 aliphatic heterocycles. The molecule has 23 heavy (non-hydrogen) atoms. The summed E-state index contributed by atoms with van der Waals surface area (Å²) in [5, 5.41) is 21.1. The van der Waals surface area contributed by atoms with Gasteiger partial charge in [-0.25, -0.2) is 0 Å². The van der Waals surface area contributed by atoms with Gasteiger partial charge in [0.2, 0.25) is 5.91 Å². The quantitative estimate of drug-likeness (QED) is 0.817. The molecule has 5 heteroatoms. The van der Waals surface area contributed by atoms with Gasteiger partial charge >= 0.3 is 0 Å². The van der Waals surface area contributed by atoms with Crippen LogP contribution in [0.4, 0.5) is 0 Å². The average molecular weight is 320 g/mol. The summed E-state index contributed by atoms with van der Waals surface area (Å²) in [6.45, 7) is 6.88. The Balaban J connectivity index is 1.93. The zero-order valence-electron chi connectivity index (χ0n) is 14.1. The molecule has 128 valence electrons. The van der Waals surface area contributed by atoms with E-state index < -0.39 is 11.7 Å². The van der Waals surface area contributed by atoms with Crippen LogP contribution in [0.1, 0.15) is 25.8 Å². The monoisotopic (exact) mass is 320 g/mol. The van der Waals surface area contributed by atoms with Gasteiger partial charge in [0.1, 0.15) is 11.7 Å². The van der Waals surface area contributed by atoms with Crippen LogP contribution in [-0.4, -0.2) is 70.3 Å². The number of carbonyl (C=O) groups is 1. The third-order valence-corrected chi connectivity index (χ3v) is 4.77. The SMILES string of the molecule is CCN(CC)C[C@@]1(O)CCN(C(=O)Cc2ccccc2)C[C@@H]1O. The maximum Gasteiger partial charge on any atom is 0.227 e. The summed E-state index contributed by atoms with van der Waals surface area (Å²) in [7, 11) is 0. The number of likely N-dealkylation sites (N-methyl/N-ethyl adjacent to an activating group) is 1. The van der Waals surface area contributed by atoms with E-state index in [9.17, 15) is 15.0 Å². The highest BCUT2D eigenvalue weighted by molar-refractivity contribution is 5.79. The molecule has 2 N–H and O–H groups in total. The van der Waals surface area contributed by atoms with E-state index in [0.717, 1.165) is 18.7 Å². The van der Waals surface area contributed by atoms with Gasteiger partial charge in [-0.3, -0.25) is 4.79 Å². The predicted octanol–water partition coefficient (Wildman–Crippen LogP) is 0.895. The largest absolute Gasteiger partial charge is 0.388 e. The molecule has 0 bridgehead atoms. The second-order valence-corrected chi connectivity index (χ2v) is 6.33. The first-order chi connectivity index (χ1) is 11.0. The number of likely N-dealkylation sites (tertiary alicyclic amines) is 1. The van der Waals surface area contributed by atoms with Crippen molar-refractivity contribution in [3.63, 3.8) is 0 Å². The van der Waals surface area contributed by atoms with Gasteiger partial charge in [-0.15, -0.1) is 0 Å². The number of aliphatic hydroxyl groups excluding tert-OH is 1. The highest BCUT2D eigenvalue weighted by atomic mass is 16.3. The zero-order valence-corrected chi connectivity index (χ0v) is 14.1. The average Bonchev–Trinajstić information content (AvgIpc) is 2.56. The minimum atomic E-state index is -1.13. The number of nitrogens with zero attached hydrogens (tertiary/aromatic N) is 2. The molecule has 0 aliphatic carbocycles. The summed E-state index contributed by atoms with van der Waals surface area (Å²) in [5.74, 6) is 0.000129. The van der Waals surface area contributed by atoms with Crippen molar-refractivity contribution in [2.75, 3.05) is 32.7 Å². The van der Waals surface area contributed by atoms with Crippen LogP contribution in [0.3, 0.4) is 0 Å². The Bertz CT molecular complexity index is 504. The molecule has 2 atom stereocenters. The van der Waals surface area contributed by atoms with Crippen LogP contribution in [0.15, 0.2) is 30.3 Å². The lowest BCUT2D eigenvalue weighted by Gasteiger charge is -2.44. The fourth-order valence-electron chi connectivity index (χ4n) is 3.09. The maximum atomic E-state index is 12.4. The summed E-state index contributed by atoms with van der Waals surface area (Å²) in [4.78, 5) is 16.1. The summed E-state index contributed by atoms with van der Waals surface area (Å²) in [6, 6.07) is 9.60. The molecule has 2 rings (SSSR count). The Morgan fingerprint density at radius 1 is 1.30 bits per heavy atom. The third-order valence-electron chi connectivity index (χ3n) is 4.77. The van der Waals surface area contributed by atoms with Crippen LogP contribution in [0.2, 0.25) is 0 Å². The van der Waals surface area contributed by atoms with E-state index in [-0.39, 0.29) is 12.5 Å². The Labute approximate surface area is 138 Å².